The molecule has 2 aromatic heterocycles. The largest absolute Gasteiger partial charge is 0.471 e. The first-order valence-corrected chi connectivity index (χ1v) is 14.6. The SMILES string of the molecule is Cc1cccnc1C(=O)N[C@@H](Cc1ccc(F)cc1)[C@H](O)CN[C@H]1CC2(CCC2)Oc2ncc(CC(C)(C)C)cc21. The van der Waals surface area contributed by atoms with E-state index in [2.05, 4.69) is 42.5 Å². The highest BCUT2D eigenvalue weighted by Crippen LogP contribution is 2.48. The van der Waals surface area contributed by atoms with Crippen LogP contribution in [-0.2, 0) is 12.8 Å². The Labute approximate surface area is 242 Å². The number of benzene rings is 1. The monoisotopic (exact) mass is 560 g/mol. The number of amides is 1. The van der Waals surface area contributed by atoms with Crippen molar-refractivity contribution in [3.8, 4) is 5.88 Å². The lowest BCUT2D eigenvalue weighted by Gasteiger charge is -2.47. The van der Waals surface area contributed by atoms with Crippen LogP contribution in [0.25, 0.3) is 0 Å². The van der Waals surface area contributed by atoms with E-state index in [-0.39, 0.29) is 35.3 Å². The molecule has 0 saturated heterocycles. The summed E-state index contributed by atoms with van der Waals surface area (Å²) < 4.78 is 20.0. The van der Waals surface area contributed by atoms with Crippen LogP contribution in [0.5, 0.6) is 5.88 Å². The number of hydrogen-bond acceptors (Lipinski definition) is 6. The van der Waals surface area contributed by atoms with E-state index < -0.39 is 12.1 Å². The predicted molar refractivity (Wildman–Crippen MR) is 156 cm³/mol. The lowest BCUT2D eigenvalue weighted by molar-refractivity contribution is -0.0421. The smallest absolute Gasteiger partial charge is 0.270 e. The Kier molecular flexibility index (Phi) is 8.43. The fourth-order valence-electron chi connectivity index (χ4n) is 5.87. The first-order chi connectivity index (χ1) is 19.5. The number of nitrogens with zero attached hydrogens (tertiary/aromatic N) is 2. The second-order valence-electron chi connectivity index (χ2n) is 12.9. The molecule has 3 aromatic rings. The number of aryl methyl sites for hydroxylation is 1. The number of hydrogen-bond donors (Lipinski definition) is 3. The number of carbonyl (C=O) groups is 1. The van der Waals surface area contributed by atoms with E-state index in [1.165, 1.54) is 12.1 Å². The van der Waals surface area contributed by atoms with Gasteiger partial charge in [0, 0.05) is 37.0 Å². The summed E-state index contributed by atoms with van der Waals surface area (Å²) in [6.07, 6.45) is 7.73. The molecular weight excluding hydrogens is 519 g/mol. The van der Waals surface area contributed by atoms with Crippen molar-refractivity contribution >= 4 is 5.91 Å². The number of aliphatic hydroxyl groups is 1. The van der Waals surface area contributed by atoms with Gasteiger partial charge in [-0.15, -0.1) is 0 Å². The molecule has 7 nitrogen and oxygen atoms in total. The molecule has 1 aliphatic carbocycles. The summed E-state index contributed by atoms with van der Waals surface area (Å²) in [4.78, 5) is 22.1. The third-order valence-corrected chi connectivity index (χ3v) is 8.15. The Morgan fingerprint density at radius 2 is 1.93 bits per heavy atom. The molecule has 0 unspecified atom stereocenters. The zero-order valence-electron chi connectivity index (χ0n) is 24.4. The van der Waals surface area contributed by atoms with Gasteiger partial charge in [-0.1, -0.05) is 39.0 Å². The normalized spacial score (nSPS) is 19.0. The van der Waals surface area contributed by atoms with Crippen molar-refractivity contribution in [1.29, 1.82) is 0 Å². The Hall–Kier alpha value is -3.36. The summed E-state index contributed by atoms with van der Waals surface area (Å²) in [5.74, 6) is -0.0132. The van der Waals surface area contributed by atoms with Gasteiger partial charge in [0.2, 0.25) is 5.88 Å². The molecule has 0 radical (unpaired) electrons. The van der Waals surface area contributed by atoms with Crippen LogP contribution in [0.2, 0.25) is 0 Å². The lowest BCUT2D eigenvalue weighted by Crippen LogP contribution is -2.52. The standard InChI is InChI=1S/C33H41FN4O3/c1-21-7-5-14-35-29(21)30(40)38-26(16-22-8-10-24(34)11-9-22)28(39)20-36-27-18-33(12-6-13-33)41-31-25(27)15-23(19-37-31)17-32(2,3)4/h5,7-11,14-15,19,26-28,36,39H,6,12-13,16-18,20H2,1-4H3,(H,38,40)/t26-,27-,28+/m0/s1. The van der Waals surface area contributed by atoms with Gasteiger partial charge in [0.25, 0.3) is 5.91 Å². The molecule has 1 aliphatic heterocycles. The van der Waals surface area contributed by atoms with Gasteiger partial charge in [-0.2, -0.15) is 0 Å². The first kappa shape index (κ1) is 29.1. The average Bonchev–Trinajstić information content (AvgIpc) is 2.90. The molecule has 5 rings (SSSR count). The maximum absolute atomic E-state index is 13.6. The van der Waals surface area contributed by atoms with E-state index in [1.54, 1.807) is 24.4 Å². The number of pyridine rings is 2. The summed E-state index contributed by atoms with van der Waals surface area (Å²) in [6.45, 7) is 8.70. The Balaban J connectivity index is 1.35. The van der Waals surface area contributed by atoms with E-state index in [0.29, 0.717) is 18.0 Å². The summed E-state index contributed by atoms with van der Waals surface area (Å²) in [5, 5.41) is 18.0. The Morgan fingerprint density at radius 3 is 2.59 bits per heavy atom. The molecule has 218 valence electrons. The van der Waals surface area contributed by atoms with Crippen molar-refractivity contribution in [2.75, 3.05) is 6.54 Å². The number of carbonyl (C=O) groups excluding carboxylic acids is 1. The van der Waals surface area contributed by atoms with Crippen molar-refractivity contribution in [2.24, 2.45) is 5.41 Å². The van der Waals surface area contributed by atoms with Gasteiger partial charge in [-0.3, -0.25) is 9.78 Å². The van der Waals surface area contributed by atoms with E-state index in [9.17, 15) is 14.3 Å². The zero-order valence-corrected chi connectivity index (χ0v) is 24.4. The zero-order chi connectivity index (χ0) is 29.2. The van der Waals surface area contributed by atoms with Crippen LogP contribution in [0.4, 0.5) is 4.39 Å². The molecule has 1 amide bonds. The molecule has 41 heavy (non-hydrogen) atoms. The number of nitrogens with one attached hydrogen (secondary N) is 2. The third kappa shape index (κ3) is 7.11. The topological polar surface area (TPSA) is 96.4 Å². The molecule has 3 N–H and O–H groups in total. The number of fused-ring (bicyclic) bond motifs is 1. The van der Waals surface area contributed by atoms with Crippen molar-refractivity contribution < 1.29 is 19.0 Å². The van der Waals surface area contributed by atoms with Gasteiger partial charge in [0.05, 0.1) is 12.1 Å². The fraction of sp³-hybridized carbons (Fsp3) is 0.485. The van der Waals surface area contributed by atoms with Crippen LogP contribution in [0.1, 0.15) is 85.2 Å². The minimum absolute atomic E-state index is 0.0404. The molecule has 8 heteroatoms. The van der Waals surface area contributed by atoms with E-state index >= 15 is 0 Å². The van der Waals surface area contributed by atoms with Gasteiger partial charge < -0.3 is 20.5 Å². The van der Waals surface area contributed by atoms with Crippen LogP contribution < -0.4 is 15.4 Å². The molecular formula is C33H41FN4O3. The van der Waals surface area contributed by atoms with Gasteiger partial charge in [0.1, 0.15) is 17.1 Å². The summed E-state index contributed by atoms with van der Waals surface area (Å²) in [7, 11) is 0. The maximum atomic E-state index is 13.6. The van der Waals surface area contributed by atoms with Crippen molar-refractivity contribution in [2.45, 2.75) is 90.0 Å². The van der Waals surface area contributed by atoms with Crippen LogP contribution in [0.3, 0.4) is 0 Å². The van der Waals surface area contributed by atoms with E-state index in [0.717, 1.165) is 54.4 Å². The van der Waals surface area contributed by atoms with Gasteiger partial charge in [-0.25, -0.2) is 9.37 Å². The summed E-state index contributed by atoms with van der Waals surface area (Å²) in [5.41, 5.74) is 3.96. The number of aromatic nitrogens is 2. The molecule has 2 aliphatic rings. The van der Waals surface area contributed by atoms with Crippen molar-refractivity contribution in [3.05, 3.63) is 88.6 Å². The van der Waals surface area contributed by atoms with E-state index in [1.807, 2.05) is 19.2 Å². The van der Waals surface area contributed by atoms with Crippen LogP contribution in [0.15, 0.2) is 54.9 Å². The lowest BCUT2D eigenvalue weighted by atomic mass is 9.73. The minimum atomic E-state index is -0.914. The second kappa shape index (κ2) is 11.9. The number of rotatable bonds is 9. The maximum Gasteiger partial charge on any atom is 0.270 e. The highest BCUT2D eigenvalue weighted by atomic mass is 19.1. The summed E-state index contributed by atoms with van der Waals surface area (Å²) in [6, 6.07) is 11.3. The first-order valence-electron chi connectivity index (χ1n) is 14.6. The quantitative estimate of drug-likeness (QED) is 0.331. The molecule has 3 heterocycles. The second-order valence-corrected chi connectivity index (χ2v) is 12.9. The molecule has 1 saturated carbocycles. The molecule has 3 atom stereocenters. The Morgan fingerprint density at radius 1 is 1.17 bits per heavy atom. The van der Waals surface area contributed by atoms with E-state index in [4.69, 9.17) is 9.72 Å². The van der Waals surface area contributed by atoms with Gasteiger partial charge in [0.15, 0.2) is 0 Å². The van der Waals surface area contributed by atoms with Gasteiger partial charge >= 0.3 is 0 Å². The minimum Gasteiger partial charge on any atom is -0.471 e. The van der Waals surface area contributed by atoms with Crippen molar-refractivity contribution in [1.82, 2.24) is 20.6 Å². The predicted octanol–water partition coefficient (Wildman–Crippen LogP) is 5.25. The molecule has 1 spiro atoms. The van der Waals surface area contributed by atoms with Gasteiger partial charge in [-0.05, 0) is 85.4 Å². The third-order valence-electron chi connectivity index (χ3n) is 8.15. The van der Waals surface area contributed by atoms with Crippen molar-refractivity contribution in [3.63, 3.8) is 0 Å². The fourth-order valence-corrected chi connectivity index (χ4v) is 5.87. The number of halogens is 1. The number of aliphatic hydroxyl groups excluding tert-OH is 1. The molecule has 1 aromatic carbocycles. The average molecular weight is 561 g/mol. The van der Waals surface area contributed by atoms with Crippen LogP contribution in [-0.4, -0.2) is 45.3 Å². The van der Waals surface area contributed by atoms with Crippen LogP contribution >= 0.6 is 0 Å². The highest BCUT2D eigenvalue weighted by molar-refractivity contribution is 5.93. The highest BCUT2D eigenvalue weighted by Gasteiger charge is 2.46. The van der Waals surface area contributed by atoms with Crippen LogP contribution in [0, 0.1) is 18.2 Å². The Bertz CT molecular complexity index is 1370. The number of ether oxygens (including phenoxy) is 1. The summed E-state index contributed by atoms with van der Waals surface area (Å²) >= 11 is 0. The molecule has 1 fully saturated rings. The molecule has 0 bridgehead atoms.